The Bertz CT molecular complexity index is 730. The van der Waals surface area contributed by atoms with Gasteiger partial charge in [0.1, 0.15) is 5.75 Å². The monoisotopic (exact) mass is 329 g/mol. The first kappa shape index (κ1) is 15.4. The molecule has 0 spiro atoms. The highest BCUT2D eigenvalue weighted by Crippen LogP contribution is 2.34. The molecule has 1 aliphatic heterocycles. The largest absolute Gasteiger partial charge is 0.479 e. The van der Waals surface area contributed by atoms with Gasteiger partial charge in [-0.3, -0.25) is 4.79 Å². The predicted octanol–water partition coefficient (Wildman–Crippen LogP) is 2.55. The third kappa shape index (κ3) is 3.65. The molecule has 118 valence electrons. The number of rotatable bonds is 4. The number of carboxylic acids is 1. The molecule has 2 N–H and O–H groups in total. The zero-order chi connectivity index (χ0) is 16.2. The van der Waals surface area contributed by atoms with Gasteiger partial charge in [-0.25, -0.2) is 4.79 Å². The van der Waals surface area contributed by atoms with Crippen molar-refractivity contribution < 1.29 is 19.4 Å². The lowest BCUT2D eigenvalue weighted by molar-refractivity contribution is -0.127. The number of nitrogens with one attached hydrogen (secondary N) is 1. The second-order valence-corrected chi connectivity index (χ2v) is 6.15. The molecule has 5 nitrogen and oxygen atoms in total. The maximum absolute atomic E-state index is 12.2. The van der Waals surface area contributed by atoms with Crippen molar-refractivity contribution in [3.8, 4) is 5.75 Å². The van der Waals surface area contributed by atoms with Crippen molar-refractivity contribution in [3.63, 3.8) is 0 Å². The summed E-state index contributed by atoms with van der Waals surface area (Å²) in [6, 6.07) is 14.1. The van der Waals surface area contributed by atoms with Crippen LogP contribution in [0.4, 0.5) is 0 Å². The van der Waals surface area contributed by atoms with E-state index in [2.05, 4.69) is 5.32 Å². The topological polar surface area (TPSA) is 75.6 Å². The minimum atomic E-state index is -0.966. The third-order valence-electron chi connectivity index (χ3n) is 3.47. The fourth-order valence-corrected chi connectivity index (χ4v) is 3.20. The molecular formula is C17H15NO4S. The van der Waals surface area contributed by atoms with Crippen LogP contribution in [0.5, 0.6) is 5.75 Å². The van der Waals surface area contributed by atoms with E-state index < -0.39 is 12.1 Å². The number of thioether (sulfide) groups is 1. The van der Waals surface area contributed by atoms with Gasteiger partial charge in [0.25, 0.3) is 5.91 Å². The van der Waals surface area contributed by atoms with Gasteiger partial charge < -0.3 is 15.2 Å². The van der Waals surface area contributed by atoms with Gasteiger partial charge in [-0.2, -0.15) is 0 Å². The van der Waals surface area contributed by atoms with Crippen LogP contribution in [0.1, 0.15) is 15.9 Å². The highest BCUT2D eigenvalue weighted by Gasteiger charge is 2.26. The molecule has 0 saturated carbocycles. The molecule has 1 amide bonds. The van der Waals surface area contributed by atoms with E-state index in [1.165, 1.54) is 12.1 Å². The Hall–Kier alpha value is -2.47. The fourth-order valence-electron chi connectivity index (χ4n) is 2.22. The van der Waals surface area contributed by atoms with Crippen LogP contribution < -0.4 is 10.1 Å². The summed E-state index contributed by atoms with van der Waals surface area (Å²) < 4.78 is 5.72. The molecule has 0 bridgehead atoms. The molecule has 1 aliphatic rings. The summed E-state index contributed by atoms with van der Waals surface area (Å²) in [5, 5.41) is 11.7. The Kier molecular flexibility index (Phi) is 4.52. The average molecular weight is 329 g/mol. The molecule has 0 aliphatic carbocycles. The number of benzene rings is 2. The Balaban J connectivity index is 1.57. The first-order chi connectivity index (χ1) is 11.1. The molecule has 6 heteroatoms. The number of carbonyl (C=O) groups excluding carboxylic acids is 1. The van der Waals surface area contributed by atoms with E-state index in [4.69, 9.17) is 9.84 Å². The minimum Gasteiger partial charge on any atom is -0.479 e. The fraction of sp³-hybridized carbons (Fsp3) is 0.176. The summed E-state index contributed by atoms with van der Waals surface area (Å²) in [5.74, 6) is 0.164. The van der Waals surface area contributed by atoms with Crippen LogP contribution in [0.25, 0.3) is 0 Å². The SMILES string of the molecule is O=C(O)c1ccc(CNC(=O)C2CSc3ccccc3O2)cc1. The molecule has 1 heterocycles. The lowest BCUT2D eigenvalue weighted by Gasteiger charge is -2.24. The molecular weight excluding hydrogens is 314 g/mol. The standard InChI is InChI=1S/C17H15NO4S/c19-16(14-10-23-15-4-2-1-3-13(15)22-14)18-9-11-5-7-12(8-6-11)17(20)21/h1-8,14H,9-10H2,(H,18,19)(H,20,21). The van der Waals surface area contributed by atoms with Crippen molar-refractivity contribution in [3.05, 3.63) is 59.7 Å². The van der Waals surface area contributed by atoms with Gasteiger partial charge in [-0.05, 0) is 29.8 Å². The summed E-state index contributed by atoms with van der Waals surface area (Å²) in [7, 11) is 0. The highest BCUT2D eigenvalue weighted by atomic mass is 32.2. The number of hydrogen-bond acceptors (Lipinski definition) is 4. The Labute approximate surface area is 137 Å². The predicted molar refractivity (Wildman–Crippen MR) is 86.8 cm³/mol. The lowest BCUT2D eigenvalue weighted by atomic mass is 10.1. The Morgan fingerprint density at radius 1 is 1.17 bits per heavy atom. The second-order valence-electron chi connectivity index (χ2n) is 5.08. The van der Waals surface area contributed by atoms with E-state index in [-0.39, 0.29) is 11.5 Å². The maximum Gasteiger partial charge on any atom is 0.335 e. The second kappa shape index (κ2) is 6.75. The molecule has 1 atom stereocenters. The zero-order valence-electron chi connectivity index (χ0n) is 12.2. The number of carboxylic acid groups (broad SMARTS) is 1. The lowest BCUT2D eigenvalue weighted by Crippen LogP contribution is -2.41. The number of hydrogen-bond donors (Lipinski definition) is 2. The van der Waals surface area contributed by atoms with Crippen LogP contribution in [0.15, 0.2) is 53.4 Å². The quantitative estimate of drug-likeness (QED) is 0.901. The smallest absolute Gasteiger partial charge is 0.335 e. The maximum atomic E-state index is 12.2. The summed E-state index contributed by atoms with van der Waals surface area (Å²) in [5.41, 5.74) is 1.07. The summed E-state index contributed by atoms with van der Waals surface area (Å²) in [4.78, 5) is 24.1. The van der Waals surface area contributed by atoms with E-state index in [9.17, 15) is 9.59 Å². The molecule has 2 aromatic carbocycles. The molecule has 2 aromatic rings. The van der Waals surface area contributed by atoms with E-state index in [1.807, 2.05) is 24.3 Å². The van der Waals surface area contributed by atoms with Crippen LogP contribution in [0.2, 0.25) is 0 Å². The first-order valence-corrected chi connectivity index (χ1v) is 8.10. The van der Waals surface area contributed by atoms with Crippen molar-refractivity contribution in [1.29, 1.82) is 0 Å². The summed E-state index contributed by atoms with van der Waals surface area (Å²) >= 11 is 1.60. The van der Waals surface area contributed by atoms with Gasteiger partial charge in [0.2, 0.25) is 0 Å². The number of para-hydroxylation sites is 1. The number of amides is 1. The number of aromatic carboxylic acids is 1. The van der Waals surface area contributed by atoms with Crippen LogP contribution >= 0.6 is 11.8 Å². The van der Waals surface area contributed by atoms with Crippen molar-refractivity contribution in [1.82, 2.24) is 5.32 Å². The summed E-state index contributed by atoms with van der Waals surface area (Å²) in [6.45, 7) is 0.338. The normalized spacial score (nSPS) is 16.1. The molecule has 1 unspecified atom stereocenters. The van der Waals surface area contributed by atoms with Gasteiger partial charge in [0, 0.05) is 17.2 Å². The molecule has 0 aromatic heterocycles. The minimum absolute atomic E-state index is 0.172. The molecule has 0 saturated heterocycles. The molecule has 3 rings (SSSR count). The van der Waals surface area contributed by atoms with Gasteiger partial charge in [-0.1, -0.05) is 24.3 Å². The van der Waals surface area contributed by atoms with E-state index in [1.54, 1.807) is 23.9 Å². The van der Waals surface area contributed by atoms with Gasteiger partial charge in [0.05, 0.1) is 5.56 Å². The van der Waals surface area contributed by atoms with Crippen LogP contribution in [-0.4, -0.2) is 28.8 Å². The van der Waals surface area contributed by atoms with Crippen molar-refractivity contribution in [2.75, 3.05) is 5.75 Å². The van der Waals surface area contributed by atoms with Crippen molar-refractivity contribution in [2.24, 2.45) is 0 Å². The van der Waals surface area contributed by atoms with Crippen LogP contribution in [0, 0.1) is 0 Å². The zero-order valence-corrected chi connectivity index (χ0v) is 13.0. The molecule has 0 radical (unpaired) electrons. The van der Waals surface area contributed by atoms with Crippen molar-refractivity contribution >= 4 is 23.6 Å². The molecule has 23 heavy (non-hydrogen) atoms. The Morgan fingerprint density at radius 3 is 2.65 bits per heavy atom. The highest BCUT2D eigenvalue weighted by molar-refractivity contribution is 7.99. The number of carbonyl (C=O) groups is 2. The van der Waals surface area contributed by atoms with Gasteiger partial charge in [-0.15, -0.1) is 11.8 Å². The number of ether oxygens (including phenoxy) is 1. The van der Waals surface area contributed by atoms with Gasteiger partial charge >= 0.3 is 5.97 Å². The van der Waals surface area contributed by atoms with E-state index in [0.717, 1.165) is 16.2 Å². The Morgan fingerprint density at radius 2 is 1.91 bits per heavy atom. The van der Waals surface area contributed by atoms with Gasteiger partial charge in [0.15, 0.2) is 6.10 Å². The van der Waals surface area contributed by atoms with E-state index >= 15 is 0 Å². The van der Waals surface area contributed by atoms with Crippen molar-refractivity contribution in [2.45, 2.75) is 17.5 Å². The average Bonchev–Trinajstić information content (AvgIpc) is 2.59. The third-order valence-corrected chi connectivity index (χ3v) is 4.59. The molecule has 0 fully saturated rings. The summed E-state index contributed by atoms with van der Waals surface area (Å²) in [6.07, 6.45) is -0.520. The van der Waals surface area contributed by atoms with E-state index in [0.29, 0.717) is 12.3 Å². The van der Waals surface area contributed by atoms with Crippen LogP contribution in [0.3, 0.4) is 0 Å². The first-order valence-electron chi connectivity index (χ1n) is 7.12. The van der Waals surface area contributed by atoms with Crippen LogP contribution in [-0.2, 0) is 11.3 Å². The number of fused-ring (bicyclic) bond motifs is 1.